The number of carboxylic acid groups (broad SMARTS) is 1. The third kappa shape index (κ3) is 17.6. The first-order valence-corrected chi connectivity index (χ1v) is 14.7. The summed E-state index contributed by atoms with van der Waals surface area (Å²) < 4.78 is 0. The van der Waals surface area contributed by atoms with Gasteiger partial charge in [0.1, 0.15) is 5.52 Å². The molecule has 0 amide bonds. The highest BCUT2D eigenvalue weighted by atomic mass is 16.7. The van der Waals surface area contributed by atoms with Crippen molar-refractivity contribution in [1.82, 2.24) is 20.1 Å². The van der Waals surface area contributed by atoms with Gasteiger partial charge in [0.15, 0.2) is 0 Å². The Labute approximate surface area is 223 Å². The highest BCUT2D eigenvalue weighted by Gasteiger charge is 2.10. The van der Waals surface area contributed by atoms with Crippen LogP contribution in [0.2, 0.25) is 0 Å². The molecule has 1 N–H and O–H groups in total. The summed E-state index contributed by atoms with van der Waals surface area (Å²) in [6.45, 7) is 4.46. The van der Waals surface area contributed by atoms with Crippen LogP contribution >= 0.6 is 0 Å². The number of aromatic nitrogens is 4. The normalized spacial score (nSPS) is 10.8. The number of nitrogens with zero attached hydrogens (tertiary/aromatic N) is 4. The number of pyridine rings is 1. The molecule has 0 aliphatic carbocycles. The highest BCUT2D eigenvalue weighted by molar-refractivity contribution is 5.72. The van der Waals surface area contributed by atoms with E-state index in [1.54, 1.807) is 18.3 Å². The Kier molecular flexibility index (Phi) is 19.9. The molecule has 2 aromatic rings. The van der Waals surface area contributed by atoms with Gasteiger partial charge in [0.25, 0.3) is 0 Å². The number of hydrogen-bond acceptors (Lipinski definition) is 6. The van der Waals surface area contributed by atoms with Crippen molar-refractivity contribution in [3.05, 3.63) is 18.3 Å². The molecule has 0 saturated carbocycles. The summed E-state index contributed by atoms with van der Waals surface area (Å²) in [5.74, 6) is -0.946. The number of rotatable bonds is 21. The summed E-state index contributed by atoms with van der Waals surface area (Å²) in [4.78, 5) is 32.4. The van der Waals surface area contributed by atoms with E-state index < -0.39 is 5.97 Å². The zero-order valence-corrected chi connectivity index (χ0v) is 23.3. The van der Waals surface area contributed by atoms with Gasteiger partial charge in [0, 0.05) is 19.0 Å². The minimum Gasteiger partial charge on any atom is -0.481 e. The molecule has 8 heteroatoms. The van der Waals surface area contributed by atoms with Crippen LogP contribution < -0.4 is 4.84 Å². The molecule has 0 unspecified atom stereocenters. The summed E-state index contributed by atoms with van der Waals surface area (Å²) in [6.07, 6.45) is 24.5. The summed E-state index contributed by atoms with van der Waals surface area (Å²) in [6, 6.07) is 3.55. The molecule has 0 radical (unpaired) electrons. The molecule has 0 aliphatic rings. The number of carboxylic acids is 1. The molecule has 0 bridgehead atoms. The van der Waals surface area contributed by atoms with Crippen molar-refractivity contribution < 1.29 is 19.5 Å². The smallest absolute Gasteiger partial charge is 0.335 e. The topological polar surface area (TPSA) is 107 Å². The Balaban J connectivity index is 0.000000422. The number of carbonyl (C=O) groups excluding carboxylic acids is 1. The lowest BCUT2D eigenvalue weighted by Gasteiger charge is -2.03. The quantitative estimate of drug-likeness (QED) is 0.133. The average molecular weight is 519 g/mol. The Morgan fingerprint density at radius 2 is 1.24 bits per heavy atom. The second-order valence-electron chi connectivity index (χ2n) is 9.82. The van der Waals surface area contributed by atoms with Crippen LogP contribution in [0.1, 0.15) is 142 Å². The molecular formula is C29H50N4O4. The zero-order chi connectivity index (χ0) is 27.0. The first kappa shape index (κ1) is 32.5. The Bertz CT molecular complexity index is 840. The summed E-state index contributed by atoms with van der Waals surface area (Å²) in [5.41, 5.74) is 1.08. The Morgan fingerprint density at radius 3 is 1.76 bits per heavy atom. The minimum atomic E-state index is -0.659. The molecule has 0 aliphatic heterocycles. The predicted molar refractivity (Wildman–Crippen MR) is 148 cm³/mol. The van der Waals surface area contributed by atoms with Crippen molar-refractivity contribution in [3.8, 4) is 0 Å². The molecular weight excluding hydrogens is 468 g/mol. The second-order valence-corrected chi connectivity index (χ2v) is 9.82. The van der Waals surface area contributed by atoms with Gasteiger partial charge in [-0.1, -0.05) is 117 Å². The van der Waals surface area contributed by atoms with E-state index in [0.29, 0.717) is 24.0 Å². The van der Waals surface area contributed by atoms with Crippen LogP contribution in [0.15, 0.2) is 18.3 Å². The molecule has 0 atom stereocenters. The zero-order valence-electron chi connectivity index (χ0n) is 23.3. The number of hydrogen-bond donors (Lipinski definition) is 1. The standard InChI is InChI=1S/C17H26N4O2.C12H24O2/c1-2-3-4-5-6-7-8-9-10-13-16(22)23-21-17-15(19-20-21)12-11-14-18-17;1-2-3-4-5-6-7-8-9-10-11-12(13)14/h11-12,14H,2-10,13H2,1H3;2-11H2,1H3,(H,13,14). The molecule has 2 heterocycles. The van der Waals surface area contributed by atoms with E-state index in [-0.39, 0.29) is 5.97 Å². The van der Waals surface area contributed by atoms with Gasteiger partial charge in [-0.15, -0.1) is 5.10 Å². The van der Waals surface area contributed by atoms with Gasteiger partial charge in [0.05, 0.1) is 0 Å². The van der Waals surface area contributed by atoms with E-state index >= 15 is 0 Å². The maximum absolute atomic E-state index is 11.8. The average Bonchev–Trinajstić information content (AvgIpc) is 3.29. The van der Waals surface area contributed by atoms with E-state index in [1.165, 1.54) is 89.9 Å². The number of fused-ring (bicyclic) bond motifs is 1. The van der Waals surface area contributed by atoms with E-state index in [2.05, 4.69) is 29.1 Å². The predicted octanol–water partition coefficient (Wildman–Crippen LogP) is 7.69. The van der Waals surface area contributed by atoms with E-state index in [4.69, 9.17) is 9.94 Å². The largest absolute Gasteiger partial charge is 0.481 e. The monoisotopic (exact) mass is 518 g/mol. The molecule has 8 nitrogen and oxygen atoms in total. The third-order valence-electron chi connectivity index (χ3n) is 6.35. The number of carbonyl (C=O) groups is 2. The summed E-state index contributed by atoms with van der Waals surface area (Å²) >= 11 is 0. The van der Waals surface area contributed by atoms with E-state index in [9.17, 15) is 9.59 Å². The first-order valence-electron chi connectivity index (χ1n) is 14.7. The van der Waals surface area contributed by atoms with Crippen LogP contribution in [0.4, 0.5) is 0 Å². The lowest BCUT2D eigenvalue weighted by Crippen LogP contribution is -2.21. The van der Waals surface area contributed by atoms with Crippen molar-refractivity contribution in [2.24, 2.45) is 0 Å². The van der Waals surface area contributed by atoms with Crippen molar-refractivity contribution in [3.63, 3.8) is 0 Å². The van der Waals surface area contributed by atoms with Gasteiger partial charge in [-0.2, -0.15) is 0 Å². The van der Waals surface area contributed by atoms with Gasteiger partial charge in [0.2, 0.25) is 5.65 Å². The van der Waals surface area contributed by atoms with Crippen LogP contribution in [-0.4, -0.2) is 37.2 Å². The molecule has 2 aromatic heterocycles. The molecule has 2 rings (SSSR count). The Hall–Kier alpha value is -2.51. The highest BCUT2D eigenvalue weighted by Crippen LogP contribution is 2.12. The van der Waals surface area contributed by atoms with Gasteiger partial charge in [-0.25, -0.2) is 9.78 Å². The molecule has 0 saturated heterocycles. The van der Waals surface area contributed by atoms with Crippen molar-refractivity contribution in [1.29, 1.82) is 0 Å². The van der Waals surface area contributed by atoms with Crippen LogP contribution in [-0.2, 0) is 9.59 Å². The molecule has 0 aromatic carbocycles. The fourth-order valence-corrected chi connectivity index (χ4v) is 4.12. The lowest BCUT2D eigenvalue weighted by atomic mass is 10.1. The van der Waals surface area contributed by atoms with Crippen molar-refractivity contribution >= 4 is 23.1 Å². The van der Waals surface area contributed by atoms with E-state index in [1.807, 2.05) is 0 Å². The van der Waals surface area contributed by atoms with Crippen molar-refractivity contribution in [2.75, 3.05) is 0 Å². The van der Waals surface area contributed by atoms with Crippen LogP contribution in [0.3, 0.4) is 0 Å². The van der Waals surface area contributed by atoms with Gasteiger partial charge in [-0.3, -0.25) is 4.79 Å². The molecule has 0 spiro atoms. The van der Waals surface area contributed by atoms with Crippen LogP contribution in [0.5, 0.6) is 0 Å². The van der Waals surface area contributed by atoms with Gasteiger partial charge < -0.3 is 9.94 Å². The van der Waals surface area contributed by atoms with Crippen LogP contribution in [0, 0.1) is 0 Å². The Morgan fingerprint density at radius 1 is 0.757 bits per heavy atom. The third-order valence-corrected chi connectivity index (χ3v) is 6.35. The summed E-state index contributed by atoms with van der Waals surface area (Å²) in [5, 5.41) is 16.1. The molecule has 0 fully saturated rings. The van der Waals surface area contributed by atoms with Gasteiger partial charge in [-0.05, 0) is 35.0 Å². The number of unbranched alkanes of at least 4 members (excludes halogenated alkanes) is 16. The molecule has 210 valence electrons. The van der Waals surface area contributed by atoms with Crippen LogP contribution in [0.25, 0.3) is 11.2 Å². The first-order chi connectivity index (χ1) is 18.1. The van der Waals surface area contributed by atoms with Gasteiger partial charge >= 0.3 is 11.9 Å². The maximum atomic E-state index is 11.8. The van der Waals surface area contributed by atoms with Crippen molar-refractivity contribution in [2.45, 2.75) is 142 Å². The fraction of sp³-hybridized carbons (Fsp3) is 0.759. The summed E-state index contributed by atoms with van der Waals surface area (Å²) in [7, 11) is 0. The maximum Gasteiger partial charge on any atom is 0.335 e. The fourth-order valence-electron chi connectivity index (χ4n) is 4.12. The minimum absolute atomic E-state index is 0.287. The van der Waals surface area contributed by atoms with E-state index in [0.717, 1.165) is 30.5 Å². The lowest BCUT2D eigenvalue weighted by molar-refractivity contribution is -0.145. The second kappa shape index (κ2) is 22.7. The molecule has 37 heavy (non-hydrogen) atoms. The SMILES string of the molecule is CCCCCCCCCCCC(=O)O.CCCCCCCCCCCC(=O)On1nnc2cccnc21. The number of aliphatic carboxylic acids is 1.